The van der Waals surface area contributed by atoms with Crippen LogP contribution in [0.2, 0.25) is 0 Å². The second-order valence-electron chi connectivity index (χ2n) is 5.52. The van der Waals surface area contributed by atoms with Crippen LogP contribution in [0.1, 0.15) is 37.7 Å². The molecule has 0 spiro atoms. The van der Waals surface area contributed by atoms with Gasteiger partial charge >= 0.3 is 0 Å². The molecule has 0 amide bonds. The second-order valence-corrected chi connectivity index (χ2v) is 5.52. The van der Waals surface area contributed by atoms with Gasteiger partial charge in [0.15, 0.2) is 0 Å². The Morgan fingerprint density at radius 1 is 1.35 bits per heavy atom. The van der Waals surface area contributed by atoms with Gasteiger partial charge < -0.3 is 14.3 Å². The van der Waals surface area contributed by atoms with Crippen molar-refractivity contribution in [2.75, 3.05) is 5.32 Å². The molecular weight excluding hydrogens is 252 g/mol. The topological polar surface area (TPSA) is 47.2 Å². The SMILES string of the molecule is CCn1cc(NCc2ccc(C3CC3C)o2)ccc1=O. The lowest BCUT2D eigenvalue weighted by Gasteiger charge is -2.07. The Labute approximate surface area is 118 Å². The highest BCUT2D eigenvalue weighted by molar-refractivity contribution is 5.40. The second kappa shape index (κ2) is 5.19. The predicted octanol–water partition coefficient (Wildman–Crippen LogP) is 3.20. The highest BCUT2D eigenvalue weighted by Crippen LogP contribution is 2.47. The standard InChI is InChI=1S/C16H20N2O2/c1-3-18-10-12(4-7-16(18)19)17-9-13-5-6-15(20-13)14-8-11(14)2/h4-7,10-11,14,17H,3,8-9H2,1-2H3. The largest absolute Gasteiger partial charge is 0.464 e. The van der Waals surface area contributed by atoms with Gasteiger partial charge in [-0.25, -0.2) is 0 Å². The van der Waals surface area contributed by atoms with Crippen molar-refractivity contribution in [2.45, 2.75) is 39.3 Å². The van der Waals surface area contributed by atoms with Gasteiger partial charge in [0.1, 0.15) is 11.5 Å². The maximum absolute atomic E-state index is 11.5. The van der Waals surface area contributed by atoms with E-state index in [1.807, 2.05) is 19.2 Å². The molecule has 4 nitrogen and oxygen atoms in total. The van der Waals surface area contributed by atoms with Crippen molar-refractivity contribution in [3.05, 3.63) is 52.3 Å². The minimum atomic E-state index is 0.0288. The Bertz CT molecular complexity index is 656. The number of hydrogen-bond acceptors (Lipinski definition) is 3. The van der Waals surface area contributed by atoms with Crippen LogP contribution in [0.25, 0.3) is 0 Å². The van der Waals surface area contributed by atoms with Gasteiger partial charge in [0.05, 0.1) is 12.2 Å². The zero-order chi connectivity index (χ0) is 14.1. The maximum Gasteiger partial charge on any atom is 0.250 e. The van der Waals surface area contributed by atoms with Crippen LogP contribution in [0.5, 0.6) is 0 Å². The third kappa shape index (κ3) is 2.64. The Morgan fingerprint density at radius 2 is 2.15 bits per heavy atom. The van der Waals surface area contributed by atoms with Gasteiger partial charge in [0.2, 0.25) is 0 Å². The molecule has 1 fully saturated rings. The summed E-state index contributed by atoms with van der Waals surface area (Å²) in [6, 6.07) is 7.51. The first-order valence-electron chi connectivity index (χ1n) is 7.20. The maximum atomic E-state index is 11.5. The lowest BCUT2D eigenvalue weighted by molar-refractivity contribution is 0.468. The average molecular weight is 272 g/mol. The summed E-state index contributed by atoms with van der Waals surface area (Å²) < 4.78 is 7.53. The number of aryl methyl sites for hydroxylation is 1. The summed E-state index contributed by atoms with van der Waals surface area (Å²) in [6.45, 7) is 5.53. The normalized spacial score (nSPS) is 20.9. The number of furan rings is 1. The molecule has 0 radical (unpaired) electrons. The number of aromatic nitrogens is 1. The number of nitrogens with one attached hydrogen (secondary N) is 1. The van der Waals surface area contributed by atoms with E-state index in [0.29, 0.717) is 19.0 Å². The van der Waals surface area contributed by atoms with Crippen molar-refractivity contribution in [1.29, 1.82) is 0 Å². The molecule has 0 aliphatic heterocycles. The molecule has 3 rings (SSSR count). The lowest BCUT2D eigenvalue weighted by atomic mass is 10.3. The third-order valence-electron chi connectivity index (χ3n) is 3.95. The van der Waals surface area contributed by atoms with Crippen LogP contribution in [0.15, 0.2) is 39.7 Å². The Kier molecular flexibility index (Phi) is 3.38. The molecular formula is C16H20N2O2. The van der Waals surface area contributed by atoms with Crippen LogP contribution in [-0.2, 0) is 13.1 Å². The van der Waals surface area contributed by atoms with Gasteiger partial charge in [-0.3, -0.25) is 4.79 Å². The number of nitrogens with zero attached hydrogens (tertiary/aromatic N) is 1. The summed E-state index contributed by atoms with van der Waals surface area (Å²) >= 11 is 0. The summed E-state index contributed by atoms with van der Waals surface area (Å²) in [5.74, 6) is 3.42. The van der Waals surface area contributed by atoms with E-state index in [0.717, 1.165) is 23.1 Å². The average Bonchev–Trinajstić information content (AvgIpc) is 3.00. The first kappa shape index (κ1) is 13.0. The highest BCUT2D eigenvalue weighted by Gasteiger charge is 2.36. The first-order chi connectivity index (χ1) is 9.67. The van der Waals surface area contributed by atoms with Crippen LogP contribution in [-0.4, -0.2) is 4.57 Å². The summed E-state index contributed by atoms with van der Waals surface area (Å²) in [6.07, 6.45) is 3.08. The molecule has 2 atom stereocenters. The first-order valence-corrected chi connectivity index (χ1v) is 7.20. The molecule has 2 aromatic heterocycles. The van der Waals surface area contributed by atoms with Crippen molar-refractivity contribution in [3.8, 4) is 0 Å². The lowest BCUT2D eigenvalue weighted by Crippen LogP contribution is -2.17. The molecule has 0 aromatic carbocycles. The van der Waals surface area contributed by atoms with Crippen LogP contribution < -0.4 is 10.9 Å². The van der Waals surface area contributed by atoms with E-state index in [-0.39, 0.29) is 5.56 Å². The quantitative estimate of drug-likeness (QED) is 0.909. The van der Waals surface area contributed by atoms with E-state index in [1.54, 1.807) is 16.7 Å². The molecule has 1 N–H and O–H groups in total. The predicted molar refractivity (Wildman–Crippen MR) is 78.9 cm³/mol. The van der Waals surface area contributed by atoms with E-state index in [1.165, 1.54) is 6.42 Å². The molecule has 1 aliphatic carbocycles. The summed E-state index contributed by atoms with van der Waals surface area (Å²) in [7, 11) is 0. The number of pyridine rings is 1. The van der Waals surface area contributed by atoms with Crippen molar-refractivity contribution in [3.63, 3.8) is 0 Å². The molecule has 20 heavy (non-hydrogen) atoms. The molecule has 1 saturated carbocycles. The van der Waals surface area contributed by atoms with Gasteiger partial charge in [0.25, 0.3) is 5.56 Å². The van der Waals surface area contributed by atoms with Gasteiger partial charge in [-0.05, 0) is 37.5 Å². The smallest absolute Gasteiger partial charge is 0.250 e. The van der Waals surface area contributed by atoms with Gasteiger partial charge in [0, 0.05) is 24.7 Å². The van der Waals surface area contributed by atoms with Crippen LogP contribution in [0, 0.1) is 5.92 Å². The fraction of sp³-hybridized carbons (Fsp3) is 0.438. The minimum Gasteiger partial charge on any atom is -0.464 e. The highest BCUT2D eigenvalue weighted by atomic mass is 16.3. The Morgan fingerprint density at radius 3 is 2.85 bits per heavy atom. The summed E-state index contributed by atoms with van der Waals surface area (Å²) in [5, 5.41) is 3.29. The van der Waals surface area contributed by atoms with E-state index in [4.69, 9.17) is 4.42 Å². The zero-order valence-corrected chi connectivity index (χ0v) is 11.9. The fourth-order valence-electron chi connectivity index (χ4n) is 2.48. The van der Waals surface area contributed by atoms with Crippen molar-refractivity contribution in [1.82, 2.24) is 4.57 Å². The molecule has 0 saturated heterocycles. The number of hydrogen-bond donors (Lipinski definition) is 1. The van der Waals surface area contributed by atoms with Gasteiger partial charge in [-0.15, -0.1) is 0 Å². The third-order valence-corrected chi connectivity index (χ3v) is 3.95. The van der Waals surface area contributed by atoms with E-state index >= 15 is 0 Å². The van der Waals surface area contributed by atoms with E-state index < -0.39 is 0 Å². The zero-order valence-electron chi connectivity index (χ0n) is 11.9. The van der Waals surface area contributed by atoms with E-state index in [9.17, 15) is 4.79 Å². The summed E-state index contributed by atoms with van der Waals surface area (Å²) in [4.78, 5) is 11.5. The van der Waals surface area contributed by atoms with E-state index in [2.05, 4.69) is 18.3 Å². The van der Waals surface area contributed by atoms with Gasteiger partial charge in [-0.2, -0.15) is 0 Å². The molecule has 4 heteroatoms. The monoisotopic (exact) mass is 272 g/mol. The Balaban J connectivity index is 1.64. The van der Waals surface area contributed by atoms with Crippen molar-refractivity contribution in [2.24, 2.45) is 5.92 Å². The molecule has 2 aromatic rings. The van der Waals surface area contributed by atoms with Crippen LogP contribution >= 0.6 is 0 Å². The fourth-order valence-corrected chi connectivity index (χ4v) is 2.48. The van der Waals surface area contributed by atoms with Gasteiger partial charge in [-0.1, -0.05) is 6.92 Å². The van der Waals surface area contributed by atoms with Crippen LogP contribution in [0.3, 0.4) is 0 Å². The van der Waals surface area contributed by atoms with Crippen molar-refractivity contribution >= 4 is 5.69 Å². The number of rotatable bonds is 5. The minimum absolute atomic E-state index is 0.0288. The molecule has 2 heterocycles. The number of anilines is 1. The molecule has 106 valence electrons. The Hall–Kier alpha value is -1.97. The molecule has 1 aliphatic rings. The molecule has 2 unspecified atom stereocenters. The summed E-state index contributed by atoms with van der Waals surface area (Å²) in [5.41, 5.74) is 0.963. The molecule has 0 bridgehead atoms. The van der Waals surface area contributed by atoms with Crippen molar-refractivity contribution < 1.29 is 4.42 Å². The van der Waals surface area contributed by atoms with Crippen LogP contribution in [0.4, 0.5) is 5.69 Å².